The number of nitro groups is 1. The molecule has 1 aliphatic rings. The number of carbonyl (C=O) groups is 2. The van der Waals surface area contributed by atoms with Crippen molar-refractivity contribution in [2.45, 2.75) is 57.5 Å². The highest BCUT2D eigenvalue weighted by Crippen LogP contribution is 2.51. The Morgan fingerprint density at radius 3 is 2.22 bits per heavy atom. The third-order valence-corrected chi connectivity index (χ3v) is 7.20. The predicted molar refractivity (Wildman–Crippen MR) is 145 cm³/mol. The molecule has 0 heterocycles. The lowest BCUT2D eigenvalue weighted by atomic mass is 9.78. The largest absolute Gasteiger partial charge is 0.326 e. The average Bonchev–Trinajstić information content (AvgIpc) is 3.18. The van der Waals surface area contributed by atoms with Crippen molar-refractivity contribution in [2.24, 2.45) is 5.73 Å². The molecule has 0 spiro atoms. The summed E-state index contributed by atoms with van der Waals surface area (Å²) < 4.78 is 0. The van der Waals surface area contributed by atoms with Gasteiger partial charge in [-0.1, -0.05) is 69.2 Å². The molecule has 37 heavy (non-hydrogen) atoms. The molecule has 0 fully saturated rings. The van der Waals surface area contributed by atoms with E-state index >= 15 is 0 Å². The third kappa shape index (κ3) is 4.97. The van der Waals surface area contributed by atoms with E-state index in [2.05, 4.69) is 19.2 Å². The van der Waals surface area contributed by atoms with Crippen molar-refractivity contribution < 1.29 is 14.5 Å². The van der Waals surface area contributed by atoms with Gasteiger partial charge in [0.2, 0.25) is 0 Å². The van der Waals surface area contributed by atoms with Crippen molar-refractivity contribution >= 4 is 17.3 Å². The van der Waals surface area contributed by atoms with Gasteiger partial charge >= 0.3 is 0 Å². The molecule has 0 radical (unpaired) electrons. The lowest BCUT2D eigenvalue weighted by molar-refractivity contribution is -0.384. The summed E-state index contributed by atoms with van der Waals surface area (Å²) in [5, 5.41) is 15.3. The summed E-state index contributed by atoms with van der Waals surface area (Å²) in [4.78, 5) is 37.3. The summed E-state index contributed by atoms with van der Waals surface area (Å²) >= 11 is 0. The summed E-state index contributed by atoms with van der Waals surface area (Å²) in [6.45, 7) is 4.82. The zero-order valence-electron chi connectivity index (χ0n) is 21.3. The first kappa shape index (κ1) is 26.4. The molecule has 0 saturated heterocycles. The maximum Gasteiger partial charge on any atom is 0.269 e. The number of hydrogen-bond acceptors (Lipinski definition) is 6. The number of nitrogens with zero attached hydrogens (tertiary/aromatic N) is 1. The Labute approximate surface area is 217 Å². The highest BCUT2D eigenvalue weighted by atomic mass is 16.6. The molecule has 2 unspecified atom stereocenters. The number of nitrogens with one attached hydrogen (secondary N) is 1. The summed E-state index contributed by atoms with van der Waals surface area (Å²) in [7, 11) is 0. The molecule has 3 N–H and O–H groups in total. The first-order chi connectivity index (χ1) is 17.8. The summed E-state index contributed by atoms with van der Waals surface area (Å²) in [5.41, 5.74) is 10.3. The maximum absolute atomic E-state index is 13.2. The van der Waals surface area contributed by atoms with Crippen LogP contribution in [0.5, 0.6) is 0 Å². The number of non-ortho nitro benzene ring substituents is 1. The Bertz CT molecular complexity index is 1320. The van der Waals surface area contributed by atoms with Crippen LogP contribution in [0.4, 0.5) is 5.69 Å². The second-order valence-corrected chi connectivity index (χ2v) is 9.62. The number of benzene rings is 3. The fourth-order valence-electron chi connectivity index (χ4n) is 5.32. The normalized spacial score (nSPS) is 16.6. The Balaban J connectivity index is 1.82. The maximum atomic E-state index is 13.2. The lowest BCUT2D eigenvalue weighted by Crippen LogP contribution is -2.55. The van der Waals surface area contributed by atoms with Gasteiger partial charge in [-0.2, -0.15) is 0 Å². The first-order valence-corrected chi connectivity index (χ1v) is 12.9. The number of rotatable bonds is 12. The Kier molecular flexibility index (Phi) is 7.95. The second kappa shape index (κ2) is 11.2. The quantitative estimate of drug-likeness (QED) is 0.107. The number of nitro benzene ring substituents is 1. The minimum Gasteiger partial charge on any atom is -0.326 e. The molecule has 7 nitrogen and oxygen atoms in total. The monoisotopic (exact) mass is 499 g/mol. The van der Waals surface area contributed by atoms with E-state index in [9.17, 15) is 19.7 Å². The van der Waals surface area contributed by atoms with E-state index in [1.807, 2.05) is 18.2 Å². The summed E-state index contributed by atoms with van der Waals surface area (Å²) in [6, 6.07) is 18.7. The van der Waals surface area contributed by atoms with Gasteiger partial charge in [-0.3, -0.25) is 19.7 Å². The molecule has 3 aromatic rings. The number of unbranched alkanes of at least 4 members (excludes halogenated alkanes) is 1. The fourth-order valence-corrected chi connectivity index (χ4v) is 5.32. The second-order valence-electron chi connectivity index (χ2n) is 9.62. The van der Waals surface area contributed by atoms with E-state index in [0.717, 1.165) is 41.5 Å². The van der Waals surface area contributed by atoms with Gasteiger partial charge in [0.05, 0.1) is 16.9 Å². The molecule has 0 aromatic heterocycles. The van der Waals surface area contributed by atoms with Crippen LogP contribution in [-0.4, -0.2) is 29.1 Å². The number of Topliss-reactive ketones (excluding diaryl/α,β-unsaturated/α-hetero) is 2. The van der Waals surface area contributed by atoms with Gasteiger partial charge in [0.1, 0.15) is 0 Å². The van der Waals surface area contributed by atoms with Crippen molar-refractivity contribution in [1.82, 2.24) is 5.32 Å². The number of nitrogens with two attached hydrogens (primary N) is 1. The van der Waals surface area contributed by atoms with Gasteiger partial charge in [0.25, 0.3) is 5.69 Å². The van der Waals surface area contributed by atoms with Crippen LogP contribution in [-0.2, 0) is 5.54 Å². The zero-order chi connectivity index (χ0) is 26.6. The van der Waals surface area contributed by atoms with E-state index in [1.54, 1.807) is 42.5 Å². The van der Waals surface area contributed by atoms with Crippen molar-refractivity contribution in [2.75, 3.05) is 6.54 Å². The Hall–Kier alpha value is -3.68. The smallest absolute Gasteiger partial charge is 0.269 e. The topological polar surface area (TPSA) is 115 Å². The van der Waals surface area contributed by atoms with Crippen molar-refractivity contribution in [1.29, 1.82) is 0 Å². The van der Waals surface area contributed by atoms with Crippen molar-refractivity contribution in [3.05, 3.63) is 99.1 Å². The summed E-state index contributed by atoms with van der Waals surface area (Å²) in [5.74, 6) is -0.509. The SMILES string of the molecule is CCCCNC1(C(N)CCC)c2cc(C(=O)CC(=O)c3ccccc3)ccc2-c2ccc([N+](=O)[O-])cc21. The molecule has 1 aliphatic carbocycles. The number of carbonyl (C=O) groups excluding carboxylic acids is 2. The van der Waals surface area contributed by atoms with Gasteiger partial charge < -0.3 is 11.1 Å². The fraction of sp³-hybridized carbons (Fsp3) is 0.333. The first-order valence-electron chi connectivity index (χ1n) is 12.9. The van der Waals surface area contributed by atoms with Crippen LogP contribution in [0.3, 0.4) is 0 Å². The lowest BCUT2D eigenvalue weighted by Gasteiger charge is -2.39. The van der Waals surface area contributed by atoms with Crippen LogP contribution in [0.2, 0.25) is 0 Å². The van der Waals surface area contributed by atoms with Gasteiger partial charge in [0, 0.05) is 29.3 Å². The molecule has 4 rings (SSSR count). The minimum absolute atomic E-state index is 0.00155. The van der Waals surface area contributed by atoms with Crippen LogP contribution >= 0.6 is 0 Å². The van der Waals surface area contributed by atoms with Gasteiger partial charge in [-0.15, -0.1) is 0 Å². The van der Waals surface area contributed by atoms with E-state index in [4.69, 9.17) is 5.73 Å². The zero-order valence-corrected chi connectivity index (χ0v) is 21.3. The van der Waals surface area contributed by atoms with Crippen LogP contribution in [0.25, 0.3) is 11.1 Å². The van der Waals surface area contributed by atoms with Crippen LogP contribution in [0.1, 0.15) is 77.8 Å². The molecule has 0 saturated carbocycles. The number of fused-ring (bicyclic) bond motifs is 3. The van der Waals surface area contributed by atoms with E-state index in [1.165, 1.54) is 6.07 Å². The van der Waals surface area contributed by atoms with E-state index in [0.29, 0.717) is 24.1 Å². The Morgan fingerprint density at radius 2 is 1.57 bits per heavy atom. The highest BCUT2D eigenvalue weighted by Gasteiger charge is 2.48. The average molecular weight is 500 g/mol. The van der Waals surface area contributed by atoms with Crippen molar-refractivity contribution in [3.63, 3.8) is 0 Å². The number of hydrogen-bond donors (Lipinski definition) is 2. The highest BCUT2D eigenvalue weighted by molar-refractivity contribution is 6.13. The number of ketones is 2. The van der Waals surface area contributed by atoms with Crippen LogP contribution in [0, 0.1) is 10.1 Å². The van der Waals surface area contributed by atoms with Crippen molar-refractivity contribution in [3.8, 4) is 11.1 Å². The molecular weight excluding hydrogens is 466 g/mol. The molecule has 192 valence electrons. The van der Waals surface area contributed by atoms with Gasteiger partial charge in [0.15, 0.2) is 11.6 Å². The van der Waals surface area contributed by atoms with Gasteiger partial charge in [-0.05, 0) is 53.8 Å². The predicted octanol–water partition coefficient (Wildman–Crippen LogP) is 5.79. The molecule has 0 amide bonds. The molecule has 3 aromatic carbocycles. The Morgan fingerprint density at radius 1 is 0.919 bits per heavy atom. The minimum atomic E-state index is -0.887. The molecule has 0 aliphatic heterocycles. The van der Waals surface area contributed by atoms with Crippen LogP contribution < -0.4 is 11.1 Å². The van der Waals surface area contributed by atoms with Gasteiger partial charge in [-0.25, -0.2) is 0 Å². The molecule has 7 heteroatoms. The van der Waals surface area contributed by atoms with E-state index < -0.39 is 10.5 Å². The molecular formula is C30H33N3O4. The molecule has 2 atom stereocenters. The third-order valence-electron chi connectivity index (χ3n) is 7.20. The van der Waals surface area contributed by atoms with Crippen LogP contribution in [0.15, 0.2) is 66.7 Å². The molecule has 0 bridgehead atoms. The standard InChI is InChI=1S/C30H33N3O4/c1-3-5-16-32-30(29(31)9-4-2)25-17-21(28(35)19-27(34)20-10-7-6-8-11-20)12-14-23(25)24-15-13-22(33(36)37)18-26(24)30/h6-8,10-15,17-18,29,32H,3-5,9,16,19,31H2,1-2H3. The summed E-state index contributed by atoms with van der Waals surface area (Å²) in [6.07, 6.45) is 3.16. The van der Waals surface area contributed by atoms with E-state index in [-0.39, 0.29) is 29.7 Å².